The lowest BCUT2D eigenvalue weighted by atomic mass is 9.83. The number of aromatic nitrogens is 1. The molecule has 0 aromatic carbocycles. The van der Waals surface area contributed by atoms with Crippen molar-refractivity contribution >= 4 is 11.8 Å². The van der Waals surface area contributed by atoms with Crippen molar-refractivity contribution in [2.75, 3.05) is 32.1 Å². The second-order valence-electron chi connectivity index (χ2n) is 8.17. The van der Waals surface area contributed by atoms with Crippen molar-refractivity contribution in [1.29, 1.82) is 0 Å². The van der Waals surface area contributed by atoms with E-state index in [1.807, 2.05) is 44.3 Å². The first-order chi connectivity index (χ1) is 11.1. The summed E-state index contributed by atoms with van der Waals surface area (Å²) in [4.78, 5) is 28.6. The zero-order valence-corrected chi connectivity index (χ0v) is 15.2. The molecule has 3 heterocycles. The average molecular weight is 333 g/mol. The first-order valence-corrected chi connectivity index (χ1v) is 8.54. The number of carbonyl (C=O) groups is 1. The maximum Gasteiger partial charge on any atom is 0.410 e. The number of hydrogen-bond acceptors (Lipinski definition) is 4. The summed E-state index contributed by atoms with van der Waals surface area (Å²) in [5, 5.41) is 0. The van der Waals surface area contributed by atoms with Crippen LogP contribution in [0.2, 0.25) is 0 Å². The predicted molar refractivity (Wildman–Crippen MR) is 93.7 cm³/mol. The van der Waals surface area contributed by atoms with E-state index < -0.39 is 5.60 Å². The molecule has 3 rings (SSSR count). The summed E-state index contributed by atoms with van der Waals surface area (Å²) in [6.07, 6.45) is 0.770. The number of carbonyl (C=O) groups excluding carboxylic acids is 1. The van der Waals surface area contributed by atoms with E-state index in [0.29, 0.717) is 25.6 Å². The fourth-order valence-corrected chi connectivity index (χ4v) is 3.68. The monoisotopic (exact) mass is 333 g/mol. The van der Waals surface area contributed by atoms with Gasteiger partial charge in [-0.05, 0) is 39.2 Å². The Morgan fingerprint density at radius 2 is 1.92 bits per heavy atom. The van der Waals surface area contributed by atoms with E-state index in [2.05, 4.69) is 6.07 Å². The molecule has 1 saturated heterocycles. The molecule has 2 aliphatic rings. The van der Waals surface area contributed by atoms with E-state index in [0.717, 1.165) is 17.8 Å². The first-order valence-electron chi connectivity index (χ1n) is 8.54. The second-order valence-corrected chi connectivity index (χ2v) is 8.17. The van der Waals surface area contributed by atoms with Crippen molar-refractivity contribution in [3.05, 3.63) is 28.2 Å². The molecule has 2 bridgehead atoms. The predicted octanol–water partition coefficient (Wildman–Crippen LogP) is 2.27. The molecule has 1 aromatic heterocycles. The summed E-state index contributed by atoms with van der Waals surface area (Å²) in [6.45, 7) is 7.60. The summed E-state index contributed by atoms with van der Waals surface area (Å²) in [5.41, 5.74) is 1.52. The zero-order valence-electron chi connectivity index (χ0n) is 15.2. The fraction of sp³-hybridized carbons (Fsp3) is 0.667. The summed E-state index contributed by atoms with van der Waals surface area (Å²) in [7, 11) is 3.87. The molecular weight excluding hydrogens is 306 g/mol. The molecule has 2 atom stereocenters. The number of anilines is 1. The number of hydrogen-bond donors (Lipinski definition) is 0. The van der Waals surface area contributed by atoms with Gasteiger partial charge in [0.15, 0.2) is 0 Å². The lowest BCUT2D eigenvalue weighted by Crippen LogP contribution is -2.50. The number of amides is 1. The van der Waals surface area contributed by atoms with Crippen molar-refractivity contribution in [3.63, 3.8) is 0 Å². The van der Waals surface area contributed by atoms with Gasteiger partial charge in [0.1, 0.15) is 5.60 Å². The lowest BCUT2D eigenvalue weighted by Gasteiger charge is -2.43. The van der Waals surface area contributed by atoms with Crippen LogP contribution in [-0.4, -0.2) is 48.3 Å². The highest BCUT2D eigenvalue weighted by Crippen LogP contribution is 2.36. The Hall–Kier alpha value is -1.98. The van der Waals surface area contributed by atoms with Crippen molar-refractivity contribution in [2.45, 2.75) is 45.3 Å². The summed E-state index contributed by atoms with van der Waals surface area (Å²) < 4.78 is 7.41. The van der Waals surface area contributed by atoms with Crippen LogP contribution in [0.25, 0.3) is 0 Å². The van der Waals surface area contributed by atoms with Crippen LogP contribution in [0.4, 0.5) is 10.5 Å². The Balaban J connectivity index is 1.88. The molecule has 24 heavy (non-hydrogen) atoms. The lowest BCUT2D eigenvalue weighted by molar-refractivity contribution is 0.0102. The van der Waals surface area contributed by atoms with Crippen LogP contribution in [-0.2, 0) is 11.3 Å². The highest BCUT2D eigenvalue weighted by molar-refractivity contribution is 5.68. The van der Waals surface area contributed by atoms with Crippen molar-refractivity contribution in [3.8, 4) is 0 Å². The molecule has 1 fully saturated rings. The Morgan fingerprint density at radius 1 is 1.21 bits per heavy atom. The van der Waals surface area contributed by atoms with Crippen LogP contribution in [0.3, 0.4) is 0 Å². The smallest absolute Gasteiger partial charge is 0.410 e. The van der Waals surface area contributed by atoms with Gasteiger partial charge in [-0.15, -0.1) is 0 Å². The van der Waals surface area contributed by atoms with Gasteiger partial charge in [-0.2, -0.15) is 0 Å². The molecule has 132 valence electrons. The normalized spacial score (nSPS) is 22.8. The van der Waals surface area contributed by atoms with Crippen LogP contribution in [0.5, 0.6) is 0 Å². The van der Waals surface area contributed by atoms with Crippen molar-refractivity contribution < 1.29 is 9.53 Å². The number of nitrogens with zero attached hydrogens (tertiary/aromatic N) is 3. The maximum absolute atomic E-state index is 12.5. The van der Waals surface area contributed by atoms with E-state index in [1.54, 1.807) is 11.0 Å². The van der Waals surface area contributed by atoms with Gasteiger partial charge in [-0.25, -0.2) is 4.79 Å². The van der Waals surface area contributed by atoms with Gasteiger partial charge in [-0.1, -0.05) is 0 Å². The minimum absolute atomic E-state index is 0.0524. The highest BCUT2D eigenvalue weighted by atomic mass is 16.6. The van der Waals surface area contributed by atoms with Gasteiger partial charge in [0.25, 0.3) is 5.56 Å². The van der Waals surface area contributed by atoms with Crippen LogP contribution < -0.4 is 10.5 Å². The van der Waals surface area contributed by atoms with Crippen LogP contribution in [0.15, 0.2) is 16.9 Å². The highest BCUT2D eigenvalue weighted by Gasteiger charge is 2.38. The maximum atomic E-state index is 12.5. The van der Waals surface area contributed by atoms with E-state index in [9.17, 15) is 9.59 Å². The third kappa shape index (κ3) is 3.28. The summed E-state index contributed by atoms with van der Waals surface area (Å²) >= 11 is 0. The largest absolute Gasteiger partial charge is 0.444 e. The number of fused-ring (bicyclic) bond motifs is 4. The quantitative estimate of drug-likeness (QED) is 0.791. The van der Waals surface area contributed by atoms with Gasteiger partial charge in [0.2, 0.25) is 0 Å². The fourth-order valence-electron chi connectivity index (χ4n) is 3.68. The molecule has 1 aromatic rings. The Bertz CT molecular complexity index is 702. The van der Waals surface area contributed by atoms with E-state index in [1.165, 1.54) is 0 Å². The van der Waals surface area contributed by atoms with Gasteiger partial charge in [0, 0.05) is 57.1 Å². The van der Waals surface area contributed by atoms with Crippen LogP contribution in [0, 0.1) is 5.92 Å². The Labute approximate surface area is 143 Å². The second kappa shape index (κ2) is 5.83. The van der Waals surface area contributed by atoms with Crippen LogP contribution >= 0.6 is 0 Å². The Kier molecular flexibility index (Phi) is 4.10. The molecule has 0 spiro atoms. The van der Waals surface area contributed by atoms with Gasteiger partial charge < -0.3 is 19.1 Å². The third-order valence-corrected chi connectivity index (χ3v) is 4.71. The van der Waals surface area contributed by atoms with Crippen molar-refractivity contribution in [1.82, 2.24) is 9.47 Å². The molecule has 2 unspecified atom stereocenters. The standard InChI is InChI=1S/C18H27N3O3/c1-18(2,3)24-17(23)20-9-12-6-13(11-20)15-7-14(19(4)5)8-16(22)21(15)10-12/h7-8,12-13H,6,9-11H2,1-5H3. The number of rotatable bonds is 1. The molecule has 0 aliphatic carbocycles. The molecule has 0 saturated carbocycles. The van der Waals surface area contributed by atoms with Gasteiger partial charge in [-0.3, -0.25) is 4.79 Å². The number of piperidine rings is 1. The van der Waals surface area contributed by atoms with Crippen molar-refractivity contribution in [2.24, 2.45) is 5.92 Å². The molecule has 6 nitrogen and oxygen atoms in total. The molecule has 0 N–H and O–H groups in total. The first kappa shape index (κ1) is 16.9. The topological polar surface area (TPSA) is 54.8 Å². The van der Waals surface area contributed by atoms with E-state index in [-0.39, 0.29) is 17.6 Å². The summed E-state index contributed by atoms with van der Waals surface area (Å²) in [6, 6.07) is 3.77. The number of likely N-dealkylation sites (tertiary alicyclic amines) is 1. The third-order valence-electron chi connectivity index (χ3n) is 4.71. The van der Waals surface area contributed by atoms with Gasteiger partial charge >= 0.3 is 6.09 Å². The average Bonchev–Trinajstić information content (AvgIpc) is 2.46. The number of pyridine rings is 1. The zero-order chi connectivity index (χ0) is 17.6. The minimum Gasteiger partial charge on any atom is -0.444 e. The van der Waals surface area contributed by atoms with Crippen LogP contribution in [0.1, 0.15) is 38.8 Å². The van der Waals surface area contributed by atoms with E-state index >= 15 is 0 Å². The molecule has 2 aliphatic heterocycles. The molecular formula is C18H27N3O3. The Morgan fingerprint density at radius 3 is 2.54 bits per heavy atom. The molecule has 0 radical (unpaired) electrons. The SMILES string of the molecule is CN(C)c1cc2n(c(=O)c1)CC1CC2CN(C(=O)OC(C)(C)C)C1. The molecule has 6 heteroatoms. The summed E-state index contributed by atoms with van der Waals surface area (Å²) in [5.74, 6) is 0.504. The van der Waals surface area contributed by atoms with E-state index in [4.69, 9.17) is 4.74 Å². The van der Waals surface area contributed by atoms with Gasteiger partial charge in [0.05, 0.1) is 0 Å². The molecule has 1 amide bonds. The minimum atomic E-state index is -0.490. The number of ether oxygens (including phenoxy) is 1.